The lowest BCUT2D eigenvalue weighted by atomic mass is 9.98. The summed E-state index contributed by atoms with van der Waals surface area (Å²) >= 11 is 0. The van der Waals surface area contributed by atoms with Crippen molar-refractivity contribution < 1.29 is 19.1 Å². The Kier molecular flexibility index (Phi) is 27.6. The molecule has 0 aromatic carbocycles. The average molecular weight is 635 g/mol. The topological polar surface area (TPSA) is 77.3 Å². The second-order valence-electron chi connectivity index (χ2n) is 14.0. The molecule has 0 aromatic heterocycles. The molecular weight excluding hydrogens is 560 g/mol. The number of carbonyl (C=O) groups excluding carboxylic acids is 2. The van der Waals surface area contributed by atoms with E-state index in [0.29, 0.717) is 12.8 Å². The van der Waals surface area contributed by atoms with Crippen LogP contribution < -0.4 is 0 Å². The van der Waals surface area contributed by atoms with Gasteiger partial charge >= 0.3 is 11.9 Å². The van der Waals surface area contributed by atoms with Crippen molar-refractivity contribution in [2.75, 3.05) is 6.61 Å². The van der Waals surface area contributed by atoms with Gasteiger partial charge in [-0.3, -0.25) is 9.59 Å². The first-order chi connectivity index (χ1) is 22.0. The fraction of sp³-hybridized carbons (Fsp3) is 0.949. The first-order valence-electron chi connectivity index (χ1n) is 19.8. The number of esters is 2. The fourth-order valence-electron chi connectivity index (χ4n) is 6.21. The van der Waals surface area contributed by atoms with Crippen LogP contribution in [0.3, 0.4) is 0 Å². The zero-order valence-electron chi connectivity index (χ0n) is 30.2. The quantitative estimate of drug-likeness (QED) is 0.0513. The van der Waals surface area contributed by atoms with Gasteiger partial charge in [-0.25, -0.2) is 0 Å². The zero-order chi connectivity index (χ0) is 32.7. The molecule has 0 radical (unpaired) electrons. The lowest BCUT2D eigenvalue weighted by molar-refractivity contribution is -0.158. The highest BCUT2D eigenvalue weighted by Gasteiger charge is 2.38. The first-order valence-corrected chi connectivity index (χ1v) is 19.8. The molecule has 0 N–H and O–H groups in total. The predicted molar refractivity (Wildman–Crippen MR) is 189 cm³/mol. The molecule has 1 rings (SSSR count). The Labute approximate surface area is 279 Å². The summed E-state index contributed by atoms with van der Waals surface area (Å²) in [4.78, 5) is 24.3. The SMILES string of the molecule is CCCCCCCCCCCCCCCCCC(=O)OCC(C)OC(=O)CCCCC1(CCCCCCCCCCCC)N=N1. The molecule has 1 atom stereocenters. The molecule has 0 aromatic rings. The molecule has 0 fully saturated rings. The molecule has 0 amide bonds. The van der Waals surface area contributed by atoms with Crippen molar-refractivity contribution in [2.45, 2.75) is 232 Å². The highest BCUT2D eigenvalue weighted by molar-refractivity contribution is 5.70. The van der Waals surface area contributed by atoms with Crippen molar-refractivity contribution in [2.24, 2.45) is 10.2 Å². The van der Waals surface area contributed by atoms with Crippen LogP contribution >= 0.6 is 0 Å². The number of nitrogens with zero attached hydrogens (tertiary/aromatic N) is 2. The molecule has 1 aliphatic rings. The Balaban J connectivity index is 1.87. The van der Waals surface area contributed by atoms with Crippen LogP contribution in [0.5, 0.6) is 0 Å². The van der Waals surface area contributed by atoms with Crippen LogP contribution in [0.4, 0.5) is 0 Å². The Bertz CT molecular complexity index is 720. The van der Waals surface area contributed by atoms with E-state index < -0.39 is 6.10 Å². The molecule has 0 saturated carbocycles. The van der Waals surface area contributed by atoms with Gasteiger partial charge in [-0.05, 0) is 45.4 Å². The number of rotatable bonds is 35. The van der Waals surface area contributed by atoms with E-state index >= 15 is 0 Å². The van der Waals surface area contributed by atoms with E-state index in [1.807, 2.05) is 0 Å². The van der Waals surface area contributed by atoms with Crippen molar-refractivity contribution in [1.82, 2.24) is 0 Å². The lowest BCUT2D eigenvalue weighted by Crippen LogP contribution is -2.22. The third-order valence-electron chi connectivity index (χ3n) is 9.32. The monoisotopic (exact) mass is 635 g/mol. The summed E-state index contributed by atoms with van der Waals surface area (Å²) < 4.78 is 10.8. The minimum Gasteiger partial charge on any atom is -0.462 e. The molecule has 45 heavy (non-hydrogen) atoms. The van der Waals surface area contributed by atoms with E-state index in [9.17, 15) is 9.59 Å². The van der Waals surface area contributed by atoms with Gasteiger partial charge in [0.25, 0.3) is 0 Å². The third-order valence-corrected chi connectivity index (χ3v) is 9.32. The van der Waals surface area contributed by atoms with Crippen molar-refractivity contribution in [3.63, 3.8) is 0 Å². The summed E-state index contributed by atoms with van der Waals surface area (Å²) in [6, 6.07) is 0. The average Bonchev–Trinajstić information content (AvgIpc) is 3.80. The Morgan fingerprint density at radius 3 is 1.24 bits per heavy atom. The van der Waals surface area contributed by atoms with Crippen LogP contribution in [0.15, 0.2) is 10.2 Å². The minimum atomic E-state index is -0.404. The molecule has 1 unspecified atom stereocenters. The van der Waals surface area contributed by atoms with Gasteiger partial charge in [-0.2, -0.15) is 10.2 Å². The van der Waals surface area contributed by atoms with Crippen molar-refractivity contribution >= 4 is 11.9 Å². The van der Waals surface area contributed by atoms with Crippen LogP contribution in [0.2, 0.25) is 0 Å². The largest absolute Gasteiger partial charge is 0.462 e. The summed E-state index contributed by atoms with van der Waals surface area (Å²) in [7, 11) is 0. The molecule has 1 aliphatic heterocycles. The van der Waals surface area contributed by atoms with Crippen molar-refractivity contribution in [3.8, 4) is 0 Å². The summed E-state index contributed by atoms with van der Waals surface area (Å²) in [5.41, 5.74) is -0.155. The molecule has 6 nitrogen and oxygen atoms in total. The standard InChI is InChI=1S/C39H74N2O4/c1-4-6-8-10-12-14-16-17-18-19-20-21-23-25-27-31-37(42)44-35-36(3)45-38(43)32-28-30-34-39(40-41-39)33-29-26-24-22-15-13-11-9-7-5-2/h36H,4-35H2,1-3H3. The van der Waals surface area contributed by atoms with E-state index in [2.05, 4.69) is 24.1 Å². The molecular formula is C39H74N2O4. The first kappa shape index (κ1) is 41.6. The number of ether oxygens (including phenoxy) is 2. The number of unbranched alkanes of at least 4 members (excludes halogenated alkanes) is 24. The maximum Gasteiger partial charge on any atom is 0.306 e. The van der Waals surface area contributed by atoms with Gasteiger partial charge in [-0.15, -0.1) is 0 Å². The Hall–Kier alpha value is -1.46. The van der Waals surface area contributed by atoms with Gasteiger partial charge in [-0.1, -0.05) is 162 Å². The summed E-state index contributed by atoms with van der Waals surface area (Å²) in [6.45, 7) is 6.48. The number of hydrogen-bond acceptors (Lipinski definition) is 6. The second kappa shape index (κ2) is 29.9. The van der Waals surface area contributed by atoms with E-state index in [1.54, 1.807) is 6.92 Å². The maximum absolute atomic E-state index is 12.2. The number of hydrogen-bond donors (Lipinski definition) is 0. The summed E-state index contributed by atoms with van der Waals surface area (Å²) in [5, 5.41) is 8.68. The molecule has 0 aliphatic carbocycles. The van der Waals surface area contributed by atoms with Crippen LogP contribution in [-0.4, -0.2) is 30.3 Å². The van der Waals surface area contributed by atoms with Gasteiger partial charge in [0, 0.05) is 12.8 Å². The van der Waals surface area contributed by atoms with Crippen LogP contribution in [0, 0.1) is 0 Å². The molecule has 1 heterocycles. The van der Waals surface area contributed by atoms with Crippen LogP contribution in [-0.2, 0) is 19.1 Å². The molecule has 6 heteroatoms. The maximum atomic E-state index is 12.2. The van der Waals surface area contributed by atoms with E-state index in [1.165, 1.54) is 148 Å². The van der Waals surface area contributed by atoms with Crippen LogP contribution in [0.25, 0.3) is 0 Å². The predicted octanol–water partition coefficient (Wildman–Crippen LogP) is 12.8. The van der Waals surface area contributed by atoms with Gasteiger partial charge in [0.05, 0.1) is 0 Å². The molecule has 0 bridgehead atoms. The van der Waals surface area contributed by atoms with Crippen molar-refractivity contribution in [3.05, 3.63) is 0 Å². The Morgan fingerprint density at radius 1 is 0.489 bits per heavy atom. The molecule has 0 spiro atoms. The fourth-order valence-corrected chi connectivity index (χ4v) is 6.21. The van der Waals surface area contributed by atoms with E-state index in [0.717, 1.165) is 38.5 Å². The third kappa shape index (κ3) is 27.4. The van der Waals surface area contributed by atoms with Gasteiger partial charge < -0.3 is 9.47 Å². The molecule has 264 valence electrons. The minimum absolute atomic E-state index is 0.142. The van der Waals surface area contributed by atoms with Crippen molar-refractivity contribution in [1.29, 1.82) is 0 Å². The highest BCUT2D eigenvalue weighted by Crippen LogP contribution is 2.38. The second-order valence-corrected chi connectivity index (χ2v) is 14.0. The van der Waals surface area contributed by atoms with Crippen LogP contribution in [0.1, 0.15) is 220 Å². The van der Waals surface area contributed by atoms with Gasteiger partial charge in [0.1, 0.15) is 12.7 Å². The highest BCUT2D eigenvalue weighted by atomic mass is 16.6. The summed E-state index contributed by atoms with van der Waals surface area (Å²) in [6.07, 6.45) is 37.2. The zero-order valence-corrected chi connectivity index (χ0v) is 30.2. The normalized spacial score (nSPS) is 14.0. The van der Waals surface area contributed by atoms with E-state index in [-0.39, 0.29) is 24.2 Å². The van der Waals surface area contributed by atoms with Gasteiger partial charge in [0.2, 0.25) is 0 Å². The van der Waals surface area contributed by atoms with E-state index in [4.69, 9.17) is 9.47 Å². The Morgan fingerprint density at radius 2 is 0.822 bits per heavy atom. The molecule has 0 saturated heterocycles. The van der Waals surface area contributed by atoms with Gasteiger partial charge in [0.15, 0.2) is 5.66 Å². The number of carbonyl (C=O) groups is 2. The smallest absolute Gasteiger partial charge is 0.306 e. The lowest BCUT2D eigenvalue weighted by Gasteiger charge is -2.14. The summed E-state index contributed by atoms with van der Waals surface area (Å²) in [5.74, 6) is -0.397.